The molecule has 0 aliphatic carbocycles. The average Bonchev–Trinajstić information content (AvgIpc) is 3.34. The Hall–Kier alpha value is -3.92. The number of rotatable bonds is 5. The number of amides is 1. The lowest BCUT2D eigenvalue weighted by atomic mass is 9.99. The van der Waals surface area contributed by atoms with Gasteiger partial charge in [-0.2, -0.15) is 0 Å². The van der Waals surface area contributed by atoms with Gasteiger partial charge in [0.15, 0.2) is 0 Å². The number of hydrogen-bond donors (Lipinski definition) is 1. The first-order valence-corrected chi connectivity index (χ1v) is 10.4. The summed E-state index contributed by atoms with van der Waals surface area (Å²) in [5.74, 6) is -2.14. The Morgan fingerprint density at radius 2 is 1.77 bits per heavy atom. The highest BCUT2D eigenvalue weighted by Gasteiger charge is 2.48. The summed E-state index contributed by atoms with van der Waals surface area (Å²) in [5, 5.41) is 11.4. The number of furan rings is 1. The molecule has 2 heterocycles. The van der Waals surface area contributed by atoms with E-state index < -0.39 is 35.6 Å². The zero-order chi connectivity index (χ0) is 25.5. The molecule has 2 aromatic carbocycles. The van der Waals surface area contributed by atoms with Crippen LogP contribution in [-0.4, -0.2) is 30.3 Å². The van der Waals surface area contributed by atoms with E-state index in [1.165, 1.54) is 43.5 Å². The number of benzene rings is 2. The minimum Gasteiger partial charge on any atom is -0.507 e. The van der Waals surface area contributed by atoms with Crippen LogP contribution in [0, 0.1) is 6.92 Å². The summed E-state index contributed by atoms with van der Waals surface area (Å²) in [4.78, 5) is 27.2. The first-order chi connectivity index (χ1) is 16.5. The fourth-order valence-corrected chi connectivity index (χ4v) is 3.93. The molecule has 1 unspecified atom stereocenters. The number of ketones is 1. The van der Waals surface area contributed by atoms with Crippen molar-refractivity contribution in [2.24, 2.45) is 0 Å². The van der Waals surface area contributed by atoms with Crippen molar-refractivity contribution < 1.29 is 41.8 Å². The Balaban J connectivity index is 1.85. The van der Waals surface area contributed by atoms with E-state index in [-0.39, 0.29) is 33.4 Å². The van der Waals surface area contributed by atoms with Gasteiger partial charge in [0.2, 0.25) is 0 Å². The minimum absolute atomic E-state index is 0.0911. The van der Waals surface area contributed by atoms with Crippen LogP contribution >= 0.6 is 11.6 Å². The Labute approximate surface area is 201 Å². The summed E-state index contributed by atoms with van der Waals surface area (Å²) >= 11 is 6.05. The van der Waals surface area contributed by atoms with Gasteiger partial charge in [0.25, 0.3) is 11.7 Å². The summed E-state index contributed by atoms with van der Waals surface area (Å²) in [6, 6.07) is 10.7. The number of aliphatic hydroxyl groups excluding tert-OH is 1. The minimum atomic E-state index is -4.89. The topological polar surface area (TPSA) is 89.2 Å². The van der Waals surface area contributed by atoms with Crippen molar-refractivity contribution in [1.82, 2.24) is 0 Å². The number of aliphatic hydroxyl groups is 1. The van der Waals surface area contributed by atoms with Crippen LogP contribution in [0.3, 0.4) is 0 Å². The van der Waals surface area contributed by atoms with Gasteiger partial charge < -0.3 is 19.0 Å². The van der Waals surface area contributed by atoms with Crippen molar-refractivity contribution in [3.8, 4) is 11.5 Å². The maximum Gasteiger partial charge on any atom is 0.573 e. The summed E-state index contributed by atoms with van der Waals surface area (Å²) in [5.41, 5.74) is -0.0239. The molecule has 0 bridgehead atoms. The second kappa shape index (κ2) is 9.03. The molecule has 1 atom stereocenters. The highest BCUT2D eigenvalue weighted by molar-refractivity contribution is 6.51. The van der Waals surface area contributed by atoms with E-state index in [0.29, 0.717) is 5.76 Å². The SMILES string of the molecule is COc1cc(/C(O)=C2/C(=O)C(=O)N(c3ccc(OC(F)(F)F)cc3)C2c2ccc(C)o2)ccc1Cl. The van der Waals surface area contributed by atoms with Gasteiger partial charge in [0, 0.05) is 11.3 Å². The zero-order valence-electron chi connectivity index (χ0n) is 18.2. The normalized spacial score (nSPS) is 17.7. The lowest BCUT2D eigenvalue weighted by molar-refractivity contribution is -0.274. The van der Waals surface area contributed by atoms with Crippen LogP contribution in [0.5, 0.6) is 11.5 Å². The van der Waals surface area contributed by atoms with Crippen LogP contribution in [0.25, 0.3) is 5.76 Å². The van der Waals surface area contributed by atoms with Crippen molar-refractivity contribution in [3.05, 3.63) is 82.3 Å². The lowest BCUT2D eigenvalue weighted by Crippen LogP contribution is -2.29. The van der Waals surface area contributed by atoms with Crippen molar-refractivity contribution in [2.75, 3.05) is 12.0 Å². The van der Waals surface area contributed by atoms with Crippen LogP contribution < -0.4 is 14.4 Å². The number of hydrogen-bond acceptors (Lipinski definition) is 6. The number of anilines is 1. The molecule has 35 heavy (non-hydrogen) atoms. The largest absolute Gasteiger partial charge is 0.573 e. The van der Waals surface area contributed by atoms with Crippen molar-refractivity contribution in [2.45, 2.75) is 19.3 Å². The fraction of sp³-hybridized carbons (Fsp3) is 0.167. The molecule has 0 saturated carbocycles. The molecule has 7 nitrogen and oxygen atoms in total. The average molecular weight is 508 g/mol. The summed E-state index contributed by atoms with van der Waals surface area (Å²) in [6.07, 6.45) is -4.89. The van der Waals surface area contributed by atoms with E-state index in [1.807, 2.05) is 0 Å². The standard InChI is InChI=1S/C24H17ClF3NO6/c1-12-3-10-17(34-12)20-19(21(30)13-4-9-16(25)18(11-13)33-2)22(31)23(32)29(20)14-5-7-15(8-6-14)35-24(26,27)28/h3-11,20,30H,1-2H3/b21-19-. The molecule has 1 fully saturated rings. The summed E-state index contributed by atoms with van der Waals surface area (Å²) in [6.45, 7) is 1.66. The molecule has 1 amide bonds. The number of carbonyl (C=O) groups is 2. The van der Waals surface area contributed by atoms with Crippen molar-refractivity contribution in [1.29, 1.82) is 0 Å². The second-order valence-electron chi connectivity index (χ2n) is 7.51. The van der Waals surface area contributed by atoms with Crippen LogP contribution in [0.4, 0.5) is 18.9 Å². The molecule has 3 aromatic rings. The predicted octanol–water partition coefficient (Wildman–Crippen LogP) is 5.77. The molecular weight excluding hydrogens is 491 g/mol. The van der Waals surface area contributed by atoms with E-state index in [1.54, 1.807) is 13.0 Å². The molecule has 1 saturated heterocycles. The number of alkyl halides is 3. The van der Waals surface area contributed by atoms with Crippen molar-refractivity contribution in [3.63, 3.8) is 0 Å². The summed E-state index contributed by atoms with van der Waals surface area (Å²) < 4.78 is 52.3. The molecule has 1 aliphatic rings. The third-order valence-corrected chi connectivity index (χ3v) is 5.56. The molecule has 182 valence electrons. The van der Waals surface area contributed by atoms with Gasteiger partial charge in [0.05, 0.1) is 17.7 Å². The van der Waals surface area contributed by atoms with Gasteiger partial charge in [-0.05, 0) is 61.5 Å². The van der Waals surface area contributed by atoms with Gasteiger partial charge in [-0.1, -0.05) is 11.6 Å². The van der Waals surface area contributed by atoms with Crippen LogP contribution in [0.15, 0.2) is 64.6 Å². The molecule has 0 spiro atoms. The lowest BCUT2D eigenvalue weighted by Gasteiger charge is -2.23. The highest BCUT2D eigenvalue weighted by Crippen LogP contribution is 2.43. The van der Waals surface area contributed by atoms with E-state index in [4.69, 9.17) is 20.8 Å². The predicted molar refractivity (Wildman–Crippen MR) is 119 cm³/mol. The molecule has 1 aliphatic heterocycles. The van der Waals surface area contributed by atoms with E-state index >= 15 is 0 Å². The maximum atomic E-state index is 13.1. The summed E-state index contributed by atoms with van der Waals surface area (Å²) in [7, 11) is 1.38. The van der Waals surface area contributed by atoms with Crippen LogP contribution in [0.1, 0.15) is 23.1 Å². The number of aryl methyl sites for hydroxylation is 1. The van der Waals surface area contributed by atoms with E-state index in [9.17, 15) is 27.9 Å². The number of methoxy groups -OCH3 is 1. The van der Waals surface area contributed by atoms with Gasteiger partial charge in [-0.15, -0.1) is 13.2 Å². The monoisotopic (exact) mass is 507 g/mol. The van der Waals surface area contributed by atoms with Gasteiger partial charge in [0.1, 0.15) is 34.8 Å². The van der Waals surface area contributed by atoms with Gasteiger partial charge >= 0.3 is 6.36 Å². The molecule has 11 heteroatoms. The molecule has 1 N–H and O–H groups in total. The Morgan fingerprint density at radius 1 is 1.09 bits per heavy atom. The van der Waals surface area contributed by atoms with Gasteiger partial charge in [-0.3, -0.25) is 14.5 Å². The molecule has 4 rings (SSSR count). The fourth-order valence-electron chi connectivity index (χ4n) is 3.74. The third-order valence-electron chi connectivity index (χ3n) is 5.25. The number of halogens is 4. The first kappa shape index (κ1) is 24.2. The Kier molecular flexibility index (Phi) is 6.25. The van der Waals surface area contributed by atoms with Crippen LogP contribution in [0.2, 0.25) is 5.02 Å². The molecule has 0 radical (unpaired) electrons. The second-order valence-corrected chi connectivity index (χ2v) is 7.92. The van der Waals surface area contributed by atoms with E-state index in [2.05, 4.69) is 4.74 Å². The van der Waals surface area contributed by atoms with Gasteiger partial charge in [-0.25, -0.2) is 0 Å². The number of ether oxygens (including phenoxy) is 2. The quantitative estimate of drug-likeness (QED) is 0.268. The smallest absolute Gasteiger partial charge is 0.507 e. The number of Topliss-reactive ketones (excluding diaryl/α,β-unsaturated/α-hetero) is 1. The number of nitrogens with zero attached hydrogens (tertiary/aromatic N) is 1. The first-order valence-electron chi connectivity index (χ1n) is 10.1. The number of carbonyl (C=O) groups excluding carboxylic acids is 2. The third kappa shape index (κ3) is 4.69. The highest BCUT2D eigenvalue weighted by atomic mass is 35.5. The molecule has 1 aromatic heterocycles. The van der Waals surface area contributed by atoms with Crippen molar-refractivity contribution >= 4 is 34.7 Å². The van der Waals surface area contributed by atoms with Crippen LogP contribution in [-0.2, 0) is 9.59 Å². The maximum absolute atomic E-state index is 13.1. The Morgan fingerprint density at radius 3 is 2.34 bits per heavy atom. The molecular formula is C24H17ClF3NO6. The zero-order valence-corrected chi connectivity index (χ0v) is 19.0. The van der Waals surface area contributed by atoms with E-state index in [0.717, 1.165) is 17.0 Å². The Bertz CT molecular complexity index is 1330.